The van der Waals surface area contributed by atoms with Crippen molar-refractivity contribution < 1.29 is 24.0 Å². The van der Waals surface area contributed by atoms with Gasteiger partial charge in [0.2, 0.25) is 11.8 Å². The molecule has 0 unspecified atom stereocenters. The average Bonchev–Trinajstić information content (AvgIpc) is 2.96. The fourth-order valence-electron chi connectivity index (χ4n) is 3.60. The molecule has 1 aromatic carbocycles. The van der Waals surface area contributed by atoms with Crippen LogP contribution in [0.2, 0.25) is 0 Å². The van der Waals surface area contributed by atoms with Gasteiger partial charge in [-0.05, 0) is 31.4 Å². The number of rotatable bonds is 7. The summed E-state index contributed by atoms with van der Waals surface area (Å²) in [4.78, 5) is 64.6. The lowest BCUT2D eigenvalue weighted by Crippen LogP contribution is -2.47. The quantitative estimate of drug-likeness (QED) is 0.537. The van der Waals surface area contributed by atoms with Gasteiger partial charge in [0, 0.05) is 31.2 Å². The van der Waals surface area contributed by atoms with Crippen LogP contribution in [-0.2, 0) is 19.2 Å². The van der Waals surface area contributed by atoms with Crippen molar-refractivity contribution in [3.63, 3.8) is 0 Å². The second-order valence-electron chi connectivity index (χ2n) is 7.49. The topological polar surface area (TPSA) is 107 Å². The summed E-state index contributed by atoms with van der Waals surface area (Å²) < 4.78 is 0. The minimum atomic E-state index is -0.957. The maximum absolute atomic E-state index is 12.6. The van der Waals surface area contributed by atoms with Gasteiger partial charge in [0.25, 0.3) is 0 Å². The molecule has 9 heteroatoms. The summed E-state index contributed by atoms with van der Waals surface area (Å²) in [6.45, 7) is 2.35. The number of amides is 6. The first-order valence-electron chi connectivity index (χ1n) is 10.2. The Morgan fingerprint density at radius 3 is 2.27 bits per heavy atom. The first-order chi connectivity index (χ1) is 14.4. The number of para-hydroxylation sites is 1. The first-order valence-corrected chi connectivity index (χ1v) is 10.2. The number of hydrogen-bond donors (Lipinski definition) is 1. The largest absolute Gasteiger partial charge is 0.341 e. The Kier molecular flexibility index (Phi) is 6.81. The highest BCUT2D eigenvalue weighted by Gasteiger charge is 2.45. The molecular formula is C21H26N4O5. The monoisotopic (exact) mass is 414 g/mol. The van der Waals surface area contributed by atoms with Crippen molar-refractivity contribution >= 4 is 35.3 Å². The van der Waals surface area contributed by atoms with Crippen LogP contribution < -0.4 is 5.32 Å². The molecule has 0 radical (unpaired) electrons. The van der Waals surface area contributed by atoms with Crippen LogP contribution in [0.25, 0.3) is 0 Å². The van der Waals surface area contributed by atoms with Crippen LogP contribution in [0.3, 0.4) is 0 Å². The zero-order valence-electron chi connectivity index (χ0n) is 17.0. The molecule has 0 spiro atoms. The Hall–Kier alpha value is -3.23. The molecule has 0 atom stereocenters. The van der Waals surface area contributed by atoms with Gasteiger partial charge in [0.1, 0.15) is 6.54 Å². The van der Waals surface area contributed by atoms with Crippen LogP contribution in [0.15, 0.2) is 30.3 Å². The molecule has 30 heavy (non-hydrogen) atoms. The number of benzene rings is 1. The third kappa shape index (κ3) is 4.67. The minimum absolute atomic E-state index is 0.0876. The number of carbonyl (C=O) groups excluding carboxylic acids is 5. The van der Waals surface area contributed by atoms with Crippen molar-refractivity contribution in [2.24, 2.45) is 5.92 Å². The average molecular weight is 414 g/mol. The lowest BCUT2D eigenvalue weighted by atomic mass is 9.95. The number of urea groups is 1. The van der Waals surface area contributed by atoms with Crippen molar-refractivity contribution in [3.8, 4) is 0 Å². The Bertz CT molecular complexity index is 833. The maximum Gasteiger partial charge on any atom is 0.334 e. The van der Waals surface area contributed by atoms with E-state index in [-0.39, 0.29) is 18.4 Å². The molecule has 6 amide bonds. The van der Waals surface area contributed by atoms with E-state index in [1.165, 1.54) is 4.90 Å². The Labute approximate surface area is 175 Å². The van der Waals surface area contributed by atoms with E-state index in [2.05, 4.69) is 5.32 Å². The number of likely N-dealkylation sites (tertiary alicyclic amines) is 1. The number of nitrogens with one attached hydrogen (secondary N) is 1. The summed E-state index contributed by atoms with van der Waals surface area (Å²) in [5, 5.41) is 2.87. The third-order valence-corrected chi connectivity index (χ3v) is 5.42. The van der Waals surface area contributed by atoms with E-state index in [9.17, 15) is 24.0 Å². The molecular weight excluding hydrogens is 388 g/mol. The van der Waals surface area contributed by atoms with Crippen LogP contribution in [0.1, 0.15) is 32.6 Å². The fraction of sp³-hybridized carbons (Fsp3) is 0.476. The number of hydrogen-bond acceptors (Lipinski definition) is 5. The number of unbranched alkanes of at least 4 members (excludes halogenated alkanes) is 1. The SMILES string of the molecule is CCCCN1C(=O)C(=O)N(CC(=O)N2CCC(C(=O)Nc3ccccc3)CC2)C1=O. The van der Waals surface area contributed by atoms with Gasteiger partial charge in [0.15, 0.2) is 0 Å². The van der Waals surface area contributed by atoms with E-state index >= 15 is 0 Å². The lowest BCUT2D eigenvalue weighted by Gasteiger charge is -2.32. The highest BCUT2D eigenvalue weighted by molar-refractivity contribution is 6.45. The summed E-state index contributed by atoms with van der Waals surface area (Å²) in [6.07, 6.45) is 2.36. The van der Waals surface area contributed by atoms with Crippen molar-refractivity contribution in [1.82, 2.24) is 14.7 Å². The molecule has 0 saturated carbocycles. The van der Waals surface area contributed by atoms with Crippen LogP contribution >= 0.6 is 0 Å². The highest BCUT2D eigenvalue weighted by Crippen LogP contribution is 2.21. The standard InChI is InChI=1S/C21H26N4O5/c1-2-3-11-24-19(28)20(29)25(21(24)30)14-17(26)23-12-9-15(10-13-23)18(27)22-16-7-5-4-6-8-16/h4-8,15H,2-3,9-14H2,1H3,(H,22,27). The first kappa shape index (κ1) is 21.5. The molecule has 2 saturated heterocycles. The smallest absolute Gasteiger partial charge is 0.334 e. The molecule has 0 aromatic heterocycles. The van der Waals surface area contributed by atoms with Gasteiger partial charge < -0.3 is 10.2 Å². The number of nitrogens with zero attached hydrogens (tertiary/aromatic N) is 3. The molecule has 1 aromatic rings. The third-order valence-electron chi connectivity index (χ3n) is 5.42. The maximum atomic E-state index is 12.6. The number of piperidine rings is 1. The summed E-state index contributed by atoms with van der Waals surface area (Å²) in [5.41, 5.74) is 0.726. The summed E-state index contributed by atoms with van der Waals surface area (Å²) in [6, 6.07) is 8.44. The van der Waals surface area contributed by atoms with E-state index in [0.29, 0.717) is 37.3 Å². The minimum Gasteiger partial charge on any atom is -0.341 e. The van der Waals surface area contributed by atoms with Gasteiger partial charge in [-0.3, -0.25) is 24.1 Å². The van der Waals surface area contributed by atoms with E-state index in [1.54, 1.807) is 0 Å². The Morgan fingerprint density at radius 2 is 1.63 bits per heavy atom. The molecule has 2 fully saturated rings. The fourth-order valence-corrected chi connectivity index (χ4v) is 3.60. The van der Waals surface area contributed by atoms with Crippen molar-refractivity contribution in [3.05, 3.63) is 30.3 Å². The van der Waals surface area contributed by atoms with Gasteiger partial charge in [-0.15, -0.1) is 0 Å². The Morgan fingerprint density at radius 1 is 1.00 bits per heavy atom. The van der Waals surface area contributed by atoms with Crippen LogP contribution in [0.4, 0.5) is 10.5 Å². The Balaban J connectivity index is 1.50. The van der Waals surface area contributed by atoms with Crippen LogP contribution in [0.5, 0.6) is 0 Å². The molecule has 2 aliphatic heterocycles. The molecule has 0 aliphatic carbocycles. The van der Waals surface area contributed by atoms with Gasteiger partial charge >= 0.3 is 17.8 Å². The predicted octanol–water partition coefficient (Wildman–Crippen LogP) is 1.45. The molecule has 3 rings (SSSR count). The molecule has 0 bridgehead atoms. The van der Waals surface area contributed by atoms with Crippen LogP contribution in [-0.4, -0.2) is 70.5 Å². The second-order valence-corrected chi connectivity index (χ2v) is 7.49. The van der Waals surface area contributed by atoms with E-state index in [1.807, 2.05) is 37.3 Å². The normalized spacial score (nSPS) is 17.6. The zero-order valence-corrected chi connectivity index (χ0v) is 17.0. The number of anilines is 1. The zero-order chi connectivity index (χ0) is 21.7. The van der Waals surface area contributed by atoms with E-state index in [4.69, 9.17) is 0 Å². The van der Waals surface area contributed by atoms with Gasteiger partial charge in [-0.2, -0.15) is 0 Å². The second kappa shape index (κ2) is 9.51. The predicted molar refractivity (Wildman–Crippen MR) is 108 cm³/mol. The van der Waals surface area contributed by atoms with E-state index in [0.717, 1.165) is 17.0 Å². The lowest BCUT2D eigenvalue weighted by molar-refractivity contribution is -0.145. The number of imide groups is 2. The molecule has 2 aliphatic rings. The van der Waals surface area contributed by atoms with Crippen molar-refractivity contribution in [2.45, 2.75) is 32.6 Å². The van der Waals surface area contributed by atoms with Gasteiger partial charge in [0.05, 0.1) is 0 Å². The molecule has 160 valence electrons. The van der Waals surface area contributed by atoms with Gasteiger partial charge in [-0.25, -0.2) is 9.69 Å². The molecule has 1 N–H and O–H groups in total. The summed E-state index contributed by atoms with van der Waals surface area (Å²) >= 11 is 0. The summed E-state index contributed by atoms with van der Waals surface area (Å²) in [5.74, 6) is -2.53. The van der Waals surface area contributed by atoms with E-state index < -0.39 is 30.3 Å². The van der Waals surface area contributed by atoms with Crippen molar-refractivity contribution in [1.29, 1.82) is 0 Å². The molecule has 2 heterocycles. The van der Waals surface area contributed by atoms with Crippen LogP contribution in [0, 0.1) is 5.92 Å². The highest BCUT2D eigenvalue weighted by atomic mass is 16.2. The van der Waals surface area contributed by atoms with Crippen molar-refractivity contribution in [2.75, 3.05) is 31.5 Å². The summed E-state index contributed by atoms with van der Waals surface area (Å²) in [7, 11) is 0. The number of carbonyl (C=O) groups is 5. The molecule has 9 nitrogen and oxygen atoms in total. The van der Waals surface area contributed by atoms with Gasteiger partial charge in [-0.1, -0.05) is 31.5 Å².